The van der Waals surface area contributed by atoms with Gasteiger partial charge in [-0.2, -0.15) is 4.31 Å². The summed E-state index contributed by atoms with van der Waals surface area (Å²) in [6.45, 7) is 5.78. The molecule has 7 heteroatoms. The number of hydrogen-bond acceptors (Lipinski definition) is 4. The maximum Gasteiger partial charge on any atom is 0.244 e. The van der Waals surface area contributed by atoms with Gasteiger partial charge in [0.1, 0.15) is 0 Å². The first-order valence-electron chi connectivity index (χ1n) is 6.53. The van der Waals surface area contributed by atoms with Crippen LogP contribution in [0.3, 0.4) is 0 Å². The van der Waals surface area contributed by atoms with E-state index in [0.717, 1.165) is 5.56 Å². The maximum absolute atomic E-state index is 12.6. The molecule has 114 valence electrons. The molecule has 0 heterocycles. The first-order chi connectivity index (χ1) is 9.47. The molecule has 1 rings (SSSR count). The number of likely N-dealkylation sites (N-methyl/N-ethyl adjacent to an activating group) is 1. The Hall–Kier alpha value is -0.470. The van der Waals surface area contributed by atoms with Crippen LogP contribution in [0.2, 0.25) is 0 Å². The van der Waals surface area contributed by atoms with Gasteiger partial charge in [0.2, 0.25) is 10.0 Å². The van der Waals surface area contributed by atoms with Crippen molar-refractivity contribution in [2.75, 3.05) is 26.3 Å². The lowest BCUT2D eigenvalue weighted by atomic mass is 10.2. The summed E-state index contributed by atoms with van der Waals surface area (Å²) >= 11 is 3.31. The minimum absolute atomic E-state index is 0.257. The Kier molecular flexibility index (Phi) is 7.11. The fraction of sp³-hybridized carbons (Fsp3) is 0.538. The minimum atomic E-state index is -3.52. The van der Waals surface area contributed by atoms with Crippen molar-refractivity contribution < 1.29 is 13.2 Å². The second-order valence-electron chi connectivity index (χ2n) is 4.16. The molecule has 2 N–H and O–H groups in total. The molecule has 5 nitrogen and oxygen atoms in total. The number of halogens is 1. The molecule has 0 aliphatic rings. The van der Waals surface area contributed by atoms with Gasteiger partial charge in [0.05, 0.1) is 11.5 Å². The molecule has 1 aromatic carbocycles. The third kappa shape index (κ3) is 4.26. The van der Waals surface area contributed by atoms with E-state index in [1.807, 2.05) is 13.8 Å². The molecule has 0 radical (unpaired) electrons. The first-order valence-corrected chi connectivity index (χ1v) is 8.77. The Morgan fingerprint density at radius 2 is 2.05 bits per heavy atom. The fourth-order valence-corrected chi connectivity index (χ4v) is 4.30. The van der Waals surface area contributed by atoms with Crippen molar-refractivity contribution in [1.29, 1.82) is 0 Å². The van der Waals surface area contributed by atoms with Gasteiger partial charge in [0.25, 0.3) is 0 Å². The molecule has 1 aromatic rings. The van der Waals surface area contributed by atoms with E-state index in [4.69, 9.17) is 10.5 Å². The molecular formula is C13H21BrN2O3S. The normalized spacial score (nSPS) is 12.1. The molecule has 0 atom stereocenters. The van der Waals surface area contributed by atoms with Crippen LogP contribution in [0, 0.1) is 0 Å². The minimum Gasteiger partial charge on any atom is -0.380 e. The van der Waals surface area contributed by atoms with Crippen molar-refractivity contribution in [3.8, 4) is 0 Å². The highest BCUT2D eigenvalue weighted by Crippen LogP contribution is 2.26. The number of ether oxygens (including phenoxy) is 1. The molecule has 0 aliphatic heterocycles. The topological polar surface area (TPSA) is 72.6 Å². The summed E-state index contributed by atoms with van der Waals surface area (Å²) in [6, 6.07) is 5.06. The Bertz CT molecular complexity index is 534. The zero-order chi connectivity index (χ0) is 15.2. The van der Waals surface area contributed by atoms with Crippen molar-refractivity contribution >= 4 is 26.0 Å². The van der Waals surface area contributed by atoms with Crippen LogP contribution in [0.4, 0.5) is 0 Å². The van der Waals surface area contributed by atoms with E-state index in [-0.39, 0.29) is 4.90 Å². The van der Waals surface area contributed by atoms with Gasteiger partial charge in [-0.05, 0) is 40.5 Å². The highest BCUT2D eigenvalue weighted by atomic mass is 79.9. The van der Waals surface area contributed by atoms with E-state index >= 15 is 0 Å². The summed E-state index contributed by atoms with van der Waals surface area (Å²) in [4.78, 5) is 0.257. The summed E-state index contributed by atoms with van der Waals surface area (Å²) in [5.74, 6) is 0. The van der Waals surface area contributed by atoms with Crippen LogP contribution in [-0.2, 0) is 21.3 Å². The van der Waals surface area contributed by atoms with Gasteiger partial charge in [-0.25, -0.2) is 8.42 Å². The standard InChI is InChI=1S/C13H21BrN2O3S/c1-3-16(7-8-19-4-2)20(17,18)13-6-5-11(10-15)9-12(13)14/h5-6,9H,3-4,7-8,10,15H2,1-2H3. The van der Waals surface area contributed by atoms with Gasteiger partial charge in [0.15, 0.2) is 0 Å². The average Bonchev–Trinajstić information content (AvgIpc) is 2.42. The largest absolute Gasteiger partial charge is 0.380 e. The number of sulfonamides is 1. The van der Waals surface area contributed by atoms with Crippen LogP contribution in [-0.4, -0.2) is 39.0 Å². The predicted octanol–water partition coefficient (Wildman–Crippen LogP) is 1.95. The zero-order valence-electron chi connectivity index (χ0n) is 11.8. The van der Waals surface area contributed by atoms with Crippen LogP contribution >= 0.6 is 15.9 Å². The molecule has 0 fully saturated rings. The maximum atomic E-state index is 12.6. The Labute approximate surface area is 129 Å². The first kappa shape index (κ1) is 17.6. The van der Waals surface area contributed by atoms with E-state index in [2.05, 4.69) is 15.9 Å². The van der Waals surface area contributed by atoms with Crippen molar-refractivity contribution in [3.05, 3.63) is 28.2 Å². The van der Waals surface area contributed by atoms with Crippen LogP contribution in [0.5, 0.6) is 0 Å². The van der Waals surface area contributed by atoms with Crippen LogP contribution in [0.25, 0.3) is 0 Å². The molecule has 0 bridgehead atoms. The third-order valence-corrected chi connectivity index (χ3v) is 5.84. The molecule has 0 unspecified atom stereocenters. The highest BCUT2D eigenvalue weighted by Gasteiger charge is 2.25. The average molecular weight is 365 g/mol. The summed E-state index contributed by atoms with van der Waals surface area (Å²) in [6.07, 6.45) is 0. The van der Waals surface area contributed by atoms with E-state index < -0.39 is 10.0 Å². The molecule has 20 heavy (non-hydrogen) atoms. The second kappa shape index (κ2) is 8.09. The van der Waals surface area contributed by atoms with Gasteiger partial charge < -0.3 is 10.5 Å². The zero-order valence-corrected chi connectivity index (χ0v) is 14.2. The van der Waals surface area contributed by atoms with Crippen molar-refractivity contribution in [1.82, 2.24) is 4.31 Å². The second-order valence-corrected chi connectivity index (χ2v) is 6.92. The van der Waals surface area contributed by atoms with Crippen molar-refractivity contribution in [2.24, 2.45) is 5.73 Å². The number of nitrogens with zero attached hydrogens (tertiary/aromatic N) is 1. The lowest BCUT2D eigenvalue weighted by Gasteiger charge is -2.21. The smallest absolute Gasteiger partial charge is 0.244 e. The lowest BCUT2D eigenvalue weighted by Crippen LogP contribution is -2.34. The monoisotopic (exact) mass is 364 g/mol. The summed E-state index contributed by atoms with van der Waals surface area (Å²) in [7, 11) is -3.52. The predicted molar refractivity (Wildman–Crippen MR) is 83.0 cm³/mol. The molecule has 0 aliphatic carbocycles. The molecular weight excluding hydrogens is 344 g/mol. The SMILES string of the molecule is CCOCCN(CC)S(=O)(=O)c1ccc(CN)cc1Br. The molecule has 0 saturated carbocycles. The van der Waals surface area contributed by atoms with E-state index in [1.165, 1.54) is 4.31 Å². The van der Waals surface area contributed by atoms with Gasteiger partial charge in [0, 0.05) is 30.7 Å². The molecule has 0 spiro atoms. The van der Waals surface area contributed by atoms with Gasteiger partial charge in [-0.3, -0.25) is 0 Å². The molecule has 0 amide bonds. The number of rotatable bonds is 8. The molecule has 0 saturated heterocycles. The van der Waals surface area contributed by atoms with E-state index in [1.54, 1.807) is 18.2 Å². The molecule has 0 aromatic heterocycles. The lowest BCUT2D eigenvalue weighted by molar-refractivity contribution is 0.135. The number of hydrogen-bond donors (Lipinski definition) is 1. The van der Waals surface area contributed by atoms with Crippen molar-refractivity contribution in [2.45, 2.75) is 25.3 Å². The summed E-state index contributed by atoms with van der Waals surface area (Å²) < 4.78 is 32.3. The Balaban J connectivity index is 3.01. The van der Waals surface area contributed by atoms with Gasteiger partial charge in [-0.1, -0.05) is 13.0 Å². The van der Waals surface area contributed by atoms with Crippen molar-refractivity contribution in [3.63, 3.8) is 0 Å². The fourth-order valence-electron chi connectivity index (χ4n) is 1.78. The van der Waals surface area contributed by atoms with Crippen LogP contribution < -0.4 is 5.73 Å². The Morgan fingerprint density at radius 1 is 1.35 bits per heavy atom. The summed E-state index contributed by atoms with van der Waals surface area (Å²) in [5.41, 5.74) is 6.43. The van der Waals surface area contributed by atoms with E-state index in [0.29, 0.717) is 37.3 Å². The van der Waals surface area contributed by atoms with Gasteiger partial charge in [-0.15, -0.1) is 0 Å². The Morgan fingerprint density at radius 3 is 2.55 bits per heavy atom. The van der Waals surface area contributed by atoms with Crippen LogP contribution in [0.15, 0.2) is 27.6 Å². The number of benzene rings is 1. The number of nitrogens with two attached hydrogens (primary N) is 1. The summed E-state index contributed by atoms with van der Waals surface area (Å²) in [5, 5.41) is 0. The van der Waals surface area contributed by atoms with Gasteiger partial charge >= 0.3 is 0 Å². The van der Waals surface area contributed by atoms with Crippen LogP contribution in [0.1, 0.15) is 19.4 Å². The van der Waals surface area contributed by atoms with E-state index in [9.17, 15) is 8.42 Å². The quantitative estimate of drug-likeness (QED) is 0.715. The third-order valence-electron chi connectivity index (χ3n) is 2.89. The highest BCUT2D eigenvalue weighted by molar-refractivity contribution is 9.10.